The monoisotopic (exact) mass is 286 g/mol. The second-order valence-electron chi connectivity index (χ2n) is 5.28. The maximum Gasteiger partial charge on any atom is 0.239 e. The van der Waals surface area contributed by atoms with Gasteiger partial charge in [0.25, 0.3) is 0 Å². The highest BCUT2D eigenvalue weighted by molar-refractivity contribution is 5.98. The molecule has 0 atom stereocenters. The SMILES string of the molecule is C#Cc1cccc(N(CC(=O)NC)C(=O)CCC(C)C)c1. The lowest BCUT2D eigenvalue weighted by molar-refractivity contribution is -0.123. The number of terminal acetylenes is 1. The summed E-state index contributed by atoms with van der Waals surface area (Å²) in [5.41, 5.74) is 1.34. The largest absolute Gasteiger partial charge is 0.358 e. The van der Waals surface area contributed by atoms with Gasteiger partial charge in [0.15, 0.2) is 0 Å². The summed E-state index contributed by atoms with van der Waals surface area (Å²) in [6.45, 7) is 4.13. The average Bonchev–Trinajstić information content (AvgIpc) is 2.49. The molecule has 0 aromatic heterocycles. The Morgan fingerprint density at radius 1 is 1.38 bits per heavy atom. The van der Waals surface area contributed by atoms with Crippen molar-refractivity contribution in [3.8, 4) is 12.3 Å². The van der Waals surface area contributed by atoms with Crippen molar-refractivity contribution in [3.05, 3.63) is 29.8 Å². The van der Waals surface area contributed by atoms with E-state index < -0.39 is 0 Å². The van der Waals surface area contributed by atoms with Crippen LogP contribution in [0.25, 0.3) is 0 Å². The van der Waals surface area contributed by atoms with Crippen LogP contribution in [0.2, 0.25) is 0 Å². The number of hydrogen-bond acceptors (Lipinski definition) is 2. The van der Waals surface area contributed by atoms with E-state index in [2.05, 4.69) is 25.1 Å². The fourth-order valence-electron chi connectivity index (χ4n) is 1.86. The van der Waals surface area contributed by atoms with E-state index in [4.69, 9.17) is 6.42 Å². The lowest BCUT2D eigenvalue weighted by atomic mass is 10.1. The van der Waals surface area contributed by atoms with Gasteiger partial charge in [-0.25, -0.2) is 0 Å². The van der Waals surface area contributed by atoms with Gasteiger partial charge >= 0.3 is 0 Å². The quantitative estimate of drug-likeness (QED) is 0.815. The number of nitrogens with one attached hydrogen (secondary N) is 1. The van der Waals surface area contributed by atoms with E-state index in [1.807, 2.05) is 0 Å². The van der Waals surface area contributed by atoms with Gasteiger partial charge in [-0.2, -0.15) is 0 Å². The van der Waals surface area contributed by atoms with Gasteiger partial charge in [-0.05, 0) is 30.5 Å². The van der Waals surface area contributed by atoms with Gasteiger partial charge in [-0.15, -0.1) is 6.42 Å². The molecule has 0 aliphatic carbocycles. The van der Waals surface area contributed by atoms with E-state index in [1.54, 1.807) is 31.3 Å². The van der Waals surface area contributed by atoms with Crippen LogP contribution in [0.5, 0.6) is 0 Å². The molecule has 0 bridgehead atoms. The Morgan fingerprint density at radius 3 is 2.67 bits per heavy atom. The molecule has 0 aliphatic rings. The molecule has 21 heavy (non-hydrogen) atoms. The number of carbonyl (C=O) groups excluding carboxylic acids is 2. The van der Waals surface area contributed by atoms with Gasteiger partial charge in [0.1, 0.15) is 6.54 Å². The third-order valence-electron chi connectivity index (χ3n) is 3.14. The number of hydrogen-bond donors (Lipinski definition) is 1. The van der Waals surface area contributed by atoms with Crippen LogP contribution in [0.3, 0.4) is 0 Å². The van der Waals surface area contributed by atoms with E-state index in [1.165, 1.54) is 4.90 Å². The number of likely N-dealkylation sites (N-methyl/N-ethyl adjacent to an activating group) is 1. The summed E-state index contributed by atoms with van der Waals surface area (Å²) in [6.07, 6.45) is 6.59. The van der Waals surface area contributed by atoms with Crippen molar-refractivity contribution < 1.29 is 9.59 Å². The second-order valence-corrected chi connectivity index (χ2v) is 5.28. The van der Waals surface area contributed by atoms with Crippen molar-refractivity contribution in [2.45, 2.75) is 26.7 Å². The van der Waals surface area contributed by atoms with E-state index in [-0.39, 0.29) is 18.4 Å². The van der Waals surface area contributed by atoms with Crippen LogP contribution in [0.15, 0.2) is 24.3 Å². The van der Waals surface area contributed by atoms with Gasteiger partial charge in [0.2, 0.25) is 11.8 Å². The molecule has 4 nitrogen and oxygen atoms in total. The van der Waals surface area contributed by atoms with Crippen LogP contribution < -0.4 is 10.2 Å². The van der Waals surface area contributed by atoms with Crippen LogP contribution in [-0.2, 0) is 9.59 Å². The number of benzene rings is 1. The normalized spacial score (nSPS) is 10.0. The third-order valence-corrected chi connectivity index (χ3v) is 3.14. The van der Waals surface area contributed by atoms with E-state index in [0.29, 0.717) is 23.6 Å². The van der Waals surface area contributed by atoms with Crippen LogP contribution >= 0.6 is 0 Å². The Labute approximate surface area is 126 Å². The van der Waals surface area contributed by atoms with E-state index >= 15 is 0 Å². The number of anilines is 1. The summed E-state index contributed by atoms with van der Waals surface area (Å²) in [5, 5.41) is 2.54. The van der Waals surface area contributed by atoms with Crippen LogP contribution in [0, 0.1) is 18.3 Å². The van der Waals surface area contributed by atoms with Crippen molar-refractivity contribution in [2.24, 2.45) is 5.92 Å². The lowest BCUT2D eigenvalue weighted by Gasteiger charge is -2.22. The summed E-state index contributed by atoms with van der Waals surface area (Å²) in [6, 6.07) is 7.12. The second kappa shape index (κ2) is 8.11. The minimum Gasteiger partial charge on any atom is -0.358 e. The smallest absolute Gasteiger partial charge is 0.239 e. The fraction of sp³-hybridized carbons (Fsp3) is 0.412. The van der Waals surface area contributed by atoms with Crippen molar-refractivity contribution in [1.29, 1.82) is 0 Å². The Bertz CT molecular complexity index is 544. The first-order valence-corrected chi connectivity index (χ1v) is 7.05. The summed E-state index contributed by atoms with van der Waals surface area (Å²) in [5.74, 6) is 2.70. The highest BCUT2D eigenvalue weighted by atomic mass is 16.2. The summed E-state index contributed by atoms with van der Waals surface area (Å²) < 4.78 is 0. The average molecular weight is 286 g/mol. The Morgan fingerprint density at radius 2 is 2.10 bits per heavy atom. The number of amides is 2. The molecular weight excluding hydrogens is 264 g/mol. The molecule has 0 saturated heterocycles. The van der Waals surface area contributed by atoms with Gasteiger partial charge in [0, 0.05) is 24.7 Å². The fourth-order valence-corrected chi connectivity index (χ4v) is 1.86. The molecule has 0 aliphatic heterocycles. The number of carbonyl (C=O) groups is 2. The number of nitrogens with zero attached hydrogens (tertiary/aromatic N) is 1. The third kappa shape index (κ3) is 5.31. The standard InChI is InChI=1S/C17H22N2O2/c1-5-14-7-6-8-15(11-14)19(12-16(20)18-4)17(21)10-9-13(2)3/h1,6-8,11,13H,9-10,12H2,2-4H3,(H,18,20). The van der Waals surface area contributed by atoms with Gasteiger partial charge < -0.3 is 10.2 Å². The van der Waals surface area contributed by atoms with Crippen molar-refractivity contribution in [1.82, 2.24) is 5.32 Å². The van der Waals surface area contributed by atoms with Crippen LogP contribution in [0.1, 0.15) is 32.3 Å². The lowest BCUT2D eigenvalue weighted by Crippen LogP contribution is -2.39. The molecule has 112 valence electrons. The maximum absolute atomic E-state index is 12.4. The maximum atomic E-state index is 12.4. The predicted molar refractivity (Wildman–Crippen MR) is 84.9 cm³/mol. The number of rotatable bonds is 6. The van der Waals surface area contributed by atoms with Crippen molar-refractivity contribution >= 4 is 17.5 Å². The molecule has 2 amide bonds. The first-order chi connectivity index (χ1) is 9.97. The molecule has 0 unspecified atom stereocenters. The molecule has 0 radical (unpaired) electrons. The van der Waals surface area contributed by atoms with Crippen LogP contribution in [0.4, 0.5) is 5.69 Å². The molecule has 1 aromatic carbocycles. The molecule has 1 rings (SSSR count). The molecule has 0 fully saturated rings. The summed E-state index contributed by atoms with van der Waals surface area (Å²) in [7, 11) is 1.55. The zero-order valence-corrected chi connectivity index (χ0v) is 12.8. The minimum absolute atomic E-state index is 0.00144. The zero-order valence-electron chi connectivity index (χ0n) is 12.8. The summed E-state index contributed by atoms with van der Waals surface area (Å²) >= 11 is 0. The summed E-state index contributed by atoms with van der Waals surface area (Å²) in [4.78, 5) is 25.5. The molecule has 1 aromatic rings. The molecule has 1 N–H and O–H groups in total. The molecule has 0 heterocycles. The van der Waals surface area contributed by atoms with Gasteiger partial charge in [0.05, 0.1) is 0 Å². The Kier molecular flexibility index (Phi) is 6.48. The molecular formula is C17H22N2O2. The Hall–Kier alpha value is -2.28. The minimum atomic E-state index is -0.209. The van der Waals surface area contributed by atoms with E-state index in [9.17, 15) is 9.59 Å². The first-order valence-electron chi connectivity index (χ1n) is 7.05. The highest BCUT2D eigenvalue weighted by Crippen LogP contribution is 2.18. The van der Waals surface area contributed by atoms with Crippen molar-refractivity contribution in [2.75, 3.05) is 18.5 Å². The predicted octanol–water partition coefficient (Wildman–Crippen LogP) is 2.18. The van der Waals surface area contributed by atoms with E-state index in [0.717, 1.165) is 6.42 Å². The molecule has 0 spiro atoms. The van der Waals surface area contributed by atoms with Gasteiger partial charge in [-0.3, -0.25) is 9.59 Å². The first kappa shape index (κ1) is 16.8. The zero-order chi connectivity index (χ0) is 15.8. The Balaban J connectivity index is 2.98. The van der Waals surface area contributed by atoms with Crippen LogP contribution in [-0.4, -0.2) is 25.4 Å². The van der Waals surface area contributed by atoms with Crippen molar-refractivity contribution in [3.63, 3.8) is 0 Å². The molecule has 0 saturated carbocycles. The van der Waals surface area contributed by atoms with Gasteiger partial charge in [-0.1, -0.05) is 25.8 Å². The highest BCUT2D eigenvalue weighted by Gasteiger charge is 2.19. The molecule has 4 heteroatoms. The topological polar surface area (TPSA) is 49.4 Å².